The van der Waals surface area contributed by atoms with E-state index in [2.05, 4.69) is 18.3 Å². The molecule has 1 aromatic carbocycles. The van der Waals surface area contributed by atoms with Crippen molar-refractivity contribution >= 4 is 22.2 Å². The van der Waals surface area contributed by atoms with Gasteiger partial charge in [-0.1, -0.05) is 43.7 Å². The molecule has 3 rings (SSSR count). The lowest BCUT2D eigenvalue weighted by Gasteiger charge is -2.20. The number of fused-ring (bicyclic) bond motifs is 1. The summed E-state index contributed by atoms with van der Waals surface area (Å²) >= 11 is 1.59. The largest absolute Gasteiger partial charge is 0.316 e. The Bertz CT molecular complexity index is 743. The van der Waals surface area contributed by atoms with Gasteiger partial charge in [-0.2, -0.15) is 5.26 Å². The molecule has 118 valence electrons. The average molecular weight is 324 g/mol. The van der Waals surface area contributed by atoms with Crippen LogP contribution in [0.1, 0.15) is 41.3 Å². The Labute approximate surface area is 141 Å². The lowest BCUT2D eigenvalue weighted by Crippen LogP contribution is -2.14. The van der Waals surface area contributed by atoms with E-state index in [0.29, 0.717) is 17.9 Å². The van der Waals surface area contributed by atoms with Gasteiger partial charge in [0, 0.05) is 4.88 Å². The number of benzene rings is 1. The zero-order valence-corrected chi connectivity index (χ0v) is 14.1. The van der Waals surface area contributed by atoms with E-state index in [9.17, 15) is 10.1 Å². The number of carbonyl (C=O) groups excluding carboxylic acids is 1. The number of nitrogens with zero attached hydrogens (tertiary/aromatic N) is 1. The van der Waals surface area contributed by atoms with E-state index in [1.54, 1.807) is 11.3 Å². The predicted octanol–water partition coefficient (Wildman–Crippen LogP) is 4.32. The molecule has 1 heterocycles. The molecule has 1 amide bonds. The first kappa shape index (κ1) is 15.8. The molecule has 2 aromatic rings. The fraction of sp³-hybridized carbons (Fsp3) is 0.368. The van der Waals surface area contributed by atoms with Crippen LogP contribution in [0.5, 0.6) is 0 Å². The van der Waals surface area contributed by atoms with E-state index < -0.39 is 0 Å². The number of carbonyl (C=O) groups is 1. The maximum atomic E-state index is 12.3. The number of thiophene rings is 1. The van der Waals surface area contributed by atoms with Crippen LogP contribution in [-0.2, 0) is 24.1 Å². The quantitative estimate of drug-likeness (QED) is 0.911. The SMILES string of the molecule is CCC1CCc2c(sc(NC(=O)Cc3ccccc3)c2C#N)C1. The molecule has 23 heavy (non-hydrogen) atoms. The summed E-state index contributed by atoms with van der Waals surface area (Å²) in [5.41, 5.74) is 2.83. The van der Waals surface area contributed by atoms with Gasteiger partial charge in [-0.15, -0.1) is 11.3 Å². The van der Waals surface area contributed by atoms with Gasteiger partial charge in [0.1, 0.15) is 11.1 Å². The standard InChI is InChI=1S/C19H20N2OS/c1-2-13-8-9-15-16(12-20)19(23-17(15)10-13)21-18(22)11-14-6-4-3-5-7-14/h3-7,13H,2,8-11H2,1H3,(H,21,22). The molecule has 0 saturated carbocycles. The number of anilines is 1. The highest BCUT2D eigenvalue weighted by Gasteiger charge is 2.25. The molecular weight excluding hydrogens is 304 g/mol. The molecule has 1 unspecified atom stereocenters. The Hall–Kier alpha value is -2.12. The number of amides is 1. The normalized spacial score (nSPS) is 16.4. The van der Waals surface area contributed by atoms with Gasteiger partial charge >= 0.3 is 0 Å². The number of hydrogen-bond donors (Lipinski definition) is 1. The highest BCUT2D eigenvalue weighted by atomic mass is 32.1. The molecule has 0 radical (unpaired) electrons. The van der Waals surface area contributed by atoms with Crippen LogP contribution in [0.2, 0.25) is 0 Å². The molecule has 1 atom stereocenters. The van der Waals surface area contributed by atoms with Crippen LogP contribution in [0.15, 0.2) is 30.3 Å². The topological polar surface area (TPSA) is 52.9 Å². The smallest absolute Gasteiger partial charge is 0.229 e. The summed E-state index contributed by atoms with van der Waals surface area (Å²) < 4.78 is 0. The minimum Gasteiger partial charge on any atom is -0.316 e. The van der Waals surface area contributed by atoms with Crippen molar-refractivity contribution in [1.29, 1.82) is 5.26 Å². The van der Waals surface area contributed by atoms with Crippen LogP contribution in [0.4, 0.5) is 5.00 Å². The Morgan fingerprint density at radius 3 is 2.87 bits per heavy atom. The minimum absolute atomic E-state index is 0.0571. The zero-order valence-electron chi connectivity index (χ0n) is 13.3. The van der Waals surface area contributed by atoms with Gasteiger partial charge in [-0.3, -0.25) is 4.79 Å². The number of rotatable bonds is 4. The summed E-state index contributed by atoms with van der Waals surface area (Å²) in [6, 6.07) is 12.0. The molecule has 1 aromatic heterocycles. The first-order chi connectivity index (χ1) is 11.2. The van der Waals surface area contributed by atoms with E-state index in [1.165, 1.54) is 11.3 Å². The average Bonchev–Trinajstić information content (AvgIpc) is 2.91. The van der Waals surface area contributed by atoms with E-state index in [-0.39, 0.29) is 5.91 Å². The Balaban J connectivity index is 1.77. The van der Waals surface area contributed by atoms with Crippen LogP contribution in [0, 0.1) is 17.2 Å². The lowest BCUT2D eigenvalue weighted by molar-refractivity contribution is -0.115. The first-order valence-electron chi connectivity index (χ1n) is 8.09. The van der Waals surface area contributed by atoms with E-state index >= 15 is 0 Å². The molecule has 3 nitrogen and oxygen atoms in total. The van der Waals surface area contributed by atoms with Crippen molar-refractivity contribution in [2.45, 2.75) is 39.0 Å². The summed E-state index contributed by atoms with van der Waals surface area (Å²) in [6.45, 7) is 2.22. The second kappa shape index (κ2) is 6.97. The maximum absolute atomic E-state index is 12.3. The number of hydrogen-bond acceptors (Lipinski definition) is 3. The van der Waals surface area contributed by atoms with Gasteiger partial charge in [-0.25, -0.2) is 0 Å². The van der Waals surface area contributed by atoms with Crippen molar-refractivity contribution in [3.63, 3.8) is 0 Å². The second-order valence-corrected chi connectivity index (χ2v) is 7.15. The van der Waals surface area contributed by atoms with Crippen molar-refractivity contribution in [3.05, 3.63) is 51.9 Å². The lowest BCUT2D eigenvalue weighted by atomic mass is 9.86. The highest BCUT2D eigenvalue weighted by molar-refractivity contribution is 7.16. The Kier molecular flexibility index (Phi) is 4.78. The summed E-state index contributed by atoms with van der Waals surface area (Å²) in [5, 5.41) is 13.2. The highest BCUT2D eigenvalue weighted by Crippen LogP contribution is 2.40. The third kappa shape index (κ3) is 3.46. The minimum atomic E-state index is -0.0571. The van der Waals surface area contributed by atoms with E-state index in [4.69, 9.17) is 0 Å². The van der Waals surface area contributed by atoms with E-state index in [0.717, 1.165) is 35.4 Å². The zero-order chi connectivity index (χ0) is 16.2. The van der Waals surface area contributed by atoms with Crippen molar-refractivity contribution in [1.82, 2.24) is 0 Å². The van der Waals surface area contributed by atoms with E-state index in [1.807, 2.05) is 30.3 Å². The van der Waals surface area contributed by atoms with Gasteiger partial charge in [0.05, 0.1) is 12.0 Å². The third-order valence-electron chi connectivity index (χ3n) is 4.52. The fourth-order valence-corrected chi connectivity index (χ4v) is 4.49. The molecular formula is C19H20N2OS. The number of nitrogens with one attached hydrogen (secondary N) is 1. The van der Waals surface area contributed by atoms with Gasteiger partial charge in [0.25, 0.3) is 0 Å². The summed E-state index contributed by atoms with van der Waals surface area (Å²) in [6.07, 6.45) is 4.66. The van der Waals surface area contributed by atoms with Crippen LogP contribution in [0.3, 0.4) is 0 Å². The molecule has 0 bridgehead atoms. The van der Waals surface area contributed by atoms with Gasteiger partial charge in [0.2, 0.25) is 5.91 Å². The van der Waals surface area contributed by atoms with Crippen LogP contribution < -0.4 is 5.32 Å². The molecule has 0 aliphatic heterocycles. The Morgan fingerprint density at radius 1 is 1.39 bits per heavy atom. The van der Waals surface area contributed by atoms with Crippen LogP contribution in [0.25, 0.3) is 0 Å². The van der Waals surface area contributed by atoms with Crippen molar-refractivity contribution < 1.29 is 4.79 Å². The summed E-state index contributed by atoms with van der Waals surface area (Å²) in [5.74, 6) is 0.652. The molecule has 0 spiro atoms. The predicted molar refractivity (Wildman–Crippen MR) is 93.6 cm³/mol. The van der Waals surface area contributed by atoms with Gasteiger partial charge in [0.15, 0.2) is 0 Å². The van der Waals surface area contributed by atoms with Crippen LogP contribution in [-0.4, -0.2) is 5.91 Å². The van der Waals surface area contributed by atoms with Crippen molar-refractivity contribution in [2.24, 2.45) is 5.92 Å². The fourth-order valence-electron chi connectivity index (χ4n) is 3.16. The van der Waals surface area contributed by atoms with Gasteiger partial charge < -0.3 is 5.32 Å². The molecule has 0 saturated heterocycles. The Morgan fingerprint density at radius 2 is 2.17 bits per heavy atom. The van der Waals surface area contributed by atoms with Crippen LogP contribution >= 0.6 is 11.3 Å². The molecule has 1 aliphatic carbocycles. The second-order valence-electron chi connectivity index (χ2n) is 6.05. The monoisotopic (exact) mass is 324 g/mol. The van der Waals surface area contributed by atoms with Crippen molar-refractivity contribution in [3.8, 4) is 6.07 Å². The molecule has 1 N–H and O–H groups in total. The first-order valence-corrected chi connectivity index (χ1v) is 8.91. The molecule has 0 fully saturated rings. The number of nitriles is 1. The third-order valence-corrected chi connectivity index (χ3v) is 5.69. The summed E-state index contributed by atoms with van der Waals surface area (Å²) in [7, 11) is 0. The maximum Gasteiger partial charge on any atom is 0.229 e. The van der Waals surface area contributed by atoms with Gasteiger partial charge in [-0.05, 0) is 36.3 Å². The van der Waals surface area contributed by atoms with Crippen molar-refractivity contribution in [2.75, 3.05) is 5.32 Å². The molecule has 1 aliphatic rings. The molecule has 4 heteroatoms. The summed E-state index contributed by atoms with van der Waals surface area (Å²) in [4.78, 5) is 13.6.